The predicted octanol–water partition coefficient (Wildman–Crippen LogP) is 2.03. The van der Waals surface area contributed by atoms with Crippen LogP contribution >= 0.6 is 0 Å². The molecule has 17 heavy (non-hydrogen) atoms. The van der Waals surface area contributed by atoms with Gasteiger partial charge >= 0.3 is 5.97 Å². The Bertz CT molecular complexity index is 245. The molecule has 0 aromatic carbocycles. The van der Waals surface area contributed by atoms with Gasteiger partial charge in [0, 0.05) is 6.04 Å². The predicted molar refractivity (Wildman–Crippen MR) is 67.1 cm³/mol. The molecule has 0 heterocycles. The second kappa shape index (κ2) is 6.36. The Morgan fingerprint density at radius 3 is 2.41 bits per heavy atom. The van der Waals surface area contributed by atoms with Crippen LogP contribution in [0, 0.1) is 5.41 Å². The van der Waals surface area contributed by atoms with Crippen LogP contribution in [-0.2, 0) is 9.53 Å². The van der Waals surface area contributed by atoms with E-state index in [1.165, 1.54) is 0 Å². The molecule has 1 fully saturated rings. The number of nitrogens with one attached hydrogen (secondary N) is 1. The third-order valence-corrected chi connectivity index (χ3v) is 3.43. The fraction of sp³-hybridized carbons (Fsp3) is 0.923. The zero-order valence-corrected chi connectivity index (χ0v) is 11.2. The highest BCUT2D eigenvalue weighted by Gasteiger charge is 2.30. The summed E-state index contributed by atoms with van der Waals surface area (Å²) in [6.07, 6.45) is 4.57. The van der Waals surface area contributed by atoms with Crippen LogP contribution in [-0.4, -0.2) is 36.4 Å². The van der Waals surface area contributed by atoms with Crippen LogP contribution in [0.3, 0.4) is 0 Å². The molecule has 0 saturated heterocycles. The van der Waals surface area contributed by atoms with Gasteiger partial charge in [-0.05, 0) is 46.1 Å². The maximum absolute atomic E-state index is 10.9. The van der Waals surface area contributed by atoms with E-state index >= 15 is 0 Å². The Morgan fingerprint density at radius 1 is 1.35 bits per heavy atom. The minimum atomic E-state index is -0.793. The number of aliphatic carboxylic acids is 1. The highest BCUT2D eigenvalue weighted by molar-refractivity contribution is 5.73. The molecule has 0 spiro atoms. The van der Waals surface area contributed by atoms with E-state index in [2.05, 4.69) is 12.2 Å². The highest BCUT2D eigenvalue weighted by atomic mass is 16.5. The van der Waals surface area contributed by atoms with Crippen molar-refractivity contribution in [3.8, 4) is 0 Å². The van der Waals surface area contributed by atoms with Gasteiger partial charge in [-0.3, -0.25) is 4.79 Å². The Labute approximate surface area is 104 Å². The fourth-order valence-corrected chi connectivity index (χ4v) is 2.11. The second-order valence-electron chi connectivity index (χ2n) is 5.53. The van der Waals surface area contributed by atoms with Gasteiger partial charge < -0.3 is 15.2 Å². The first-order valence-corrected chi connectivity index (χ1v) is 6.54. The summed E-state index contributed by atoms with van der Waals surface area (Å²) in [5.74, 6) is -0.793. The van der Waals surface area contributed by atoms with Crippen molar-refractivity contribution in [2.24, 2.45) is 5.41 Å². The van der Waals surface area contributed by atoms with Crippen molar-refractivity contribution in [1.82, 2.24) is 5.32 Å². The van der Waals surface area contributed by atoms with Gasteiger partial charge in [-0.15, -0.1) is 0 Å². The molecule has 1 rings (SSSR count). The maximum Gasteiger partial charge on any atom is 0.311 e. The van der Waals surface area contributed by atoms with Crippen LogP contribution in [0.1, 0.15) is 46.5 Å². The quantitative estimate of drug-likeness (QED) is 0.749. The van der Waals surface area contributed by atoms with Gasteiger partial charge in [-0.2, -0.15) is 0 Å². The van der Waals surface area contributed by atoms with E-state index in [0.29, 0.717) is 12.6 Å². The molecule has 0 amide bonds. The standard InChI is InChI=1S/C13H25NO3/c1-4-14-10-5-7-11(8-6-10)17-9-13(2,3)12(15)16/h10-11,14H,4-9H2,1-3H3,(H,15,16). The van der Waals surface area contributed by atoms with Crippen molar-refractivity contribution in [2.75, 3.05) is 13.2 Å². The highest BCUT2D eigenvalue weighted by Crippen LogP contribution is 2.24. The fourth-order valence-electron chi connectivity index (χ4n) is 2.11. The number of rotatable bonds is 6. The topological polar surface area (TPSA) is 58.6 Å². The zero-order chi connectivity index (χ0) is 12.9. The van der Waals surface area contributed by atoms with Gasteiger partial charge in [0.25, 0.3) is 0 Å². The SMILES string of the molecule is CCNC1CCC(OCC(C)(C)C(=O)O)CC1. The molecule has 2 N–H and O–H groups in total. The summed E-state index contributed by atoms with van der Waals surface area (Å²) in [6.45, 7) is 6.86. The van der Waals surface area contributed by atoms with Gasteiger partial charge in [0.2, 0.25) is 0 Å². The monoisotopic (exact) mass is 243 g/mol. The first-order valence-electron chi connectivity index (χ1n) is 6.54. The van der Waals surface area contributed by atoms with E-state index in [4.69, 9.17) is 9.84 Å². The summed E-state index contributed by atoms with van der Waals surface area (Å²) in [5.41, 5.74) is -0.779. The van der Waals surface area contributed by atoms with Gasteiger partial charge in [0.15, 0.2) is 0 Å². The zero-order valence-electron chi connectivity index (χ0n) is 11.2. The summed E-state index contributed by atoms with van der Waals surface area (Å²) < 4.78 is 5.73. The van der Waals surface area contributed by atoms with E-state index in [9.17, 15) is 4.79 Å². The molecule has 4 heteroatoms. The van der Waals surface area contributed by atoms with Crippen LogP contribution in [0.4, 0.5) is 0 Å². The van der Waals surface area contributed by atoms with Crippen LogP contribution in [0.15, 0.2) is 0 Å². The van der Waals surface area contributed by atoms with Crippen molar-refractivity contribution in [1.29, 1.82) is 0 Å². The normalized spacial score (nSPS) is 25.8. The lowest BCUT2D eigenvalue weighted by atomic mass is 9.91. The summed E-state index contributed by atoms with van der Waals surface area (Å²) in [5, 5.41) is 12.4. The van der Waals surface area contributed by atoms with E-state index in [1.807, 2.05) is 0 Å². The lowest BCUT2D eigenvalue weighted by molar-refractivity contribution is -0.152. The van der Waals surface area contributed by atoms with Crippen LogP contribution in [0.5, 0.6) is 0 Å². The lowest BCUT2D eigenvalue weighted by Crippen LogP contribution is -2.37. The van der Waals surface area contributed by atoms with Crippen LogP contribution < -0.4 is 5.32 Å². The molecule has 1 aliphatic rings. The van der Waals surface area contributed by atoms with E-state index < -0.39 is 11.4 Å². The minimum absolute atomic E-state index is 0.239. The van der Waals surface area contributed by atoms with Crippen molar-refractivity contribution in [3.63, 3.8) is 0 Å². The van der Waals surface area contributed by atoms with Gasteiger partial charge in [-0.25, -0.2) is 0 Å². The number of carboxylic acids is 1. The molecule has 0 aliphatic heterocycles. The maximum atomic E-state index is 10.9. The van der Waals surface area contributed by atoms with E-state index in [1.54, 1.807) is 13.8 Å². The van der Waals surface area contributed by atoms with E-state index in [-0.39, 0.29) is 6.10 Å². The third kappa shape index (κ3) is 4.64. The Morgan fingerprint density at radius 2 is 1.94 bits per heavy atom. The van der Waals surface area contributed by atoms with E-state index in [0.717, 1.165) is 32.2 Å². The molecule has 4 nitrogen and oxygen atoms in total. The average Bonchev–Trinajstić information content (AvgIpc) is 2.28. The summed E-state index contributed by atoms with van der Waals surface area (Å²) >= 11 is 0. The minimum Gasteiger partial charge on any atom is -0.481 e. The van der Waals surface area contributed by atoms with Crippen LogP contribution in [0.2, 0.25) is 0 Å². The molecule has 0 bridgehead atoms. The Balaban J connectivity index is 2.25. The Hall–Kier alpha value is -0.610. The molecular weight excluding hydrogens is 218 g/mol. The lowest BCUT2D eigenvalue weighted by Gasteiger charge is -2.31. The summed E-state index contributed by atoms with van der Waals surface area (Å²) in [6, 6.07) is 0.618. The average molecular weight is 243 g/mol. The van der Waals surface area contributed by atoms with Crippen molar-refractivity contribution in [2.45, 2.75) is 58.6 Å². The number of hydrogen-bond donors (Lipinski definition) is 2. The molecule has 0 unspecified atom stereocenters. The molecule has 1 saturated carbocycles. The molecule has 0 radical (unpaired) electrons. The smallest absolute Gasteiger partial charge is 0.311 e. The number of carboxylic acid groups (broad SMARTS) is 1. The van der Waals surface area contributed by atoms with Crippen molar-refractivity contribution < 1.29 is 14.6 Å². The molecule has 0 atom stereocenters. The number of hydrogen-bond acceptors (Lipinski definition) is 3. The second-order valence-corrected chi connectivity index (χ2v) is 5.53. The first-order chi connectivity index (χ1) is 7.95. The summed E-state index contributed by atoms with van der Waals surface area (Å²) in [7, 11) is 0. The van der Waals surface area contributed by atoms with Gasteiger partial charge in [0.1, 0.15) is 0 Å². The summed E-state index contributed by atoms with van der Waals surface area (Å²) in [4.78, 5) is 10.9. The number of ether oxygens (including phenoxy) is 1. The molecule has 0 aromatic rings. The van der Waals surface area contributed by atoms with Crippen LogP contribution in [0.25, 0.3) is 0 Å². The largest absolute Gasteiger partial charge is 0.481 e. The van der Waals surface area contributed by atoms with Crippen molar-refractivity contribution in [3.05, 3.63) is 0 Å². The molecule has 100 valence electrons. The van der Waals surface area contributed by atoms with Gasteiger partial charge in [0.05, 0.1) is 18.1 Å². The van der Waals surface area contributed by atoms with Gasteiger partial charge in [-0.1, -0.05) is 6.92 Å². The first kappa shape index (κ1) is 14.5. The molecule has 1 aliphatic carbocycles. The molecule has 0 aromatic heterocycles. The Kier molecular flexibility index (Phi) is 5.40. The molecular formula is C13H25NO3. The van der Waals surface area contributed by atoms with Crippen molar-refractivity contribution >= 4 is 5.97 Å². The number of carbonyl (C=O) groups is 1. The third-order valence-electron chi connectivity index (χ3n) is 3.43.